The quantitative estimate of drug-likeness (QED) is 0.777. The topological polar surface area (TPSA) is 38.3 Å². The van der Waals surface area contributed by atoms with Gasteiger partial charge >= 0.3 is 5.97 Å². The molecule has 0 amide bonds. The van der Waals surface area contributed by atoms with Gasteiger partial charge in [-0.25, -0.2) is 0 Å². The van der Waals surface area contributed by atoms with Gasteiger partial charge in [0.15, 0.2) is 0 Å². The van der Waals surface area contributed by atoms with Crippen molar-refractivity contribution < 1.29 is 9.53 Å². The minimum Gasteiger partial charge on any atom is -0.466 e. The minimum atomic E-state index is 0.0149. The first-order chi connectivity index (χ1) is 9.13. The molecule has 2 aliphatic rings. The molecule has 2 unspecified atom stereocenters. The third-order valence-corrected chi connectivity index (χ3v) is 4.92. The van der Waals surface area contributed by atoms with Crippen LogP contribution in [0.15, 0.2) is 0 Å². The van der Waals surface area contributed by atoms with Crippen molar-refractivity contribution >= 4 is 5.97 Å². The number of carbonyl (C=O) groups is 1. The Morgan fingerprint density at radius 3 is 2.68 bits per heavy atom. The average molecular weight is 267 g/mol. The molecule has 0 aliphatic heterocycles. The van der Waals surface area contributed by atoms with Crippen LogP contribution in [-0.4, -0.2) is 25.2 Å². The summed E-state index contributed by atoms with van der Waals surface area (Å²) in [6, 6.07) is 0.514. The average Bonchev–Trinajstić information content (AvgIpc) is 2.85. The van der Waals surface area contributed by atoms with Crippen LogP contribution < -0.4 is 5.32 Å². The second-order valence-electron chi connectivity index (χ2n) is 6.71. The van der Waals surface area contributed by atoms with E-state index in [1.54, 1.807) is 0 Å². The highest BCUT2D eigenvalue weighted by Gasteiger charge is 2.32. The number of rotatable bonds is 5. The van der Waals surface area contributed by atoms with E-state index in [1.807, 2.05) is 6.92 Å². The zero-order chi connectivity index (χ0) is 13.7. The fourth-order valence-electron chi connectivity index (χ4n) is 3.65. The summed E-state index contributed by atoms with van der Waals surface area (Å²) in [5, 5.41) is 3.72. The first-order valence-corrected chi connectivity index (χ1v) is 8.03. The molecule has 3 heteroatoms. The smallest absolute Gasteiger partial charge is 0.308 e. The van der Waals surface area contributed by atoms with Gasteiger partial charge in [0.2, 0.25) is 0 Å². The molecule has 0 saturated heterocycles. The van der Waals surface area contributed by atoms with E-state index < -0.39 is 0 Å². The van der Waals surface area contributed by atoms with E-state index in [9.17, 15) is 4.79 Å². The molecule has 0 heterocycles. The summed E-state index contributed by atoms with van der Waals surface area (Å²) in [6.45, 7) is 5.91. The summed E-state index contributed by atoms with van der Waals surface area (Å²) in [5.74, 6) is 0.142. The molecule has 1 N–H and O–H groups in total. The summed E-state index contributed by atoms with van der Waals surface area (Å²) < 4.78 is 5.16. The van der Waals surface area contributed by atoms with E-state index >= 15 is 0 Å². The van der Waals surface area contributed by atoms with Crippen molar-refractivity contribution in [2.75, 3.05) is 13.2 Å². The highest BCUT2D eigenvalue weighted by molar-refractivity contribution is 5.72. The lowest BCUT2D eigenvalue weighted by molar-refractivity contribution is -0.149. The Balaban J connectivity index is 1.76. The number of hydrogen-bond donors (Lipinski definition) is 1. The summed E-state index contributed by atoms with van der Waals surface area (Å²) in [7, 11) is 0. The van der Waals surface area contributed by atoms with Crippen molar-refractivity contribution in [1.29, 1.82) is 0 Å². The van der Waals surface area contributed by atoms with E-state index in [2.05, 4.69) is 12.2 Å². The fraction of sp³-hybridized carbons (Fsp3) is 0.938. The Labute approximate surface area is 117 Å². The first kappa shape index (κ1) is 14.8. The van der Waals surface area contributed by atoms with E-state index in [4.69, 9.17) is 4.74 Å². The van der Waals surface area contributed by atoms with Crippen molar-refractivity contribution in [3.05, 3.63) is 0 Å². The van der Waals surface area contributed by atoms with Crippen LogP contribution in [-0.2, 0) is 9.53 Å². The highest BCUT2D eigenvalue weighted by atomic mass is 16.5. The Morgan fingerprint density at radius 2 is 2.00 bits per heavy atom. The minimum absolute atomic E-state index is 0.0149. The predicted molar refractivity (Wildman–Crippen MR) is 77.0 cm³/mol. The van der Waals surface area contributed by atoms with E-state index in [0.29, 0.717) is 18.1 Å². The first-order valence-electron chi connectivity index (χ1n) is 8.03. The fourth-order valence-corrected chi connectivity index (χ4v) is 3.65. The van der Waals surface area contributed by atoms with Crippen LogP contribution in [0.5, 0.6) is 0 Å². The lowest BCUT2D eigenvalue weighted by Gasteiger charge is -2.32. The van der Waals surface area contributed by atoms with Crippen molar-refractivity contribution in [3.63, 3.8) is 0 Å². The number of hydrogen-bond acceptors (Lipinski definition) is 3. The van der Waals surface area contributed by atoms with Gasteiger partial charge in [-0.2, -0.15) is 0 Å². The van der Waals surface area contributed by atoms with Gasteiger partial charge in [-0.15, -0.1) is 0 Å². The third kappa shape index (κ3) is 4.20. The number of esters is 1. The second kappa shape index (κ2) is 6.74. The van der Waals surface area contributed by atoms with Crippen LogP contribution in [0.3, 0.4) is 0 Å². The zero-order valence-corrected chi connectivity index (χ0v) is 12.5. The van der Waals surface area contributed by atoms with E-state index in [-0.39, 0.29) is 11.9 Å². The highest BCUT2D eigenvalue weighted by Crippen LogP contribution is 2.37. The second-order valence-corrected chi connectivity index (χ2v) is 6.71. The van der Waals surface area contributed by atoms with Crippen molar-refractivity contribution in [2.24, 2.45) is 11.3 Å². The number of ether oxygens (including phenoxy) is 1. The molecule has 2 rings (SSSR count). The molecule has 2 saturated carbocycles. The number of carbonyl (C=O) groups excluding carboxylic acids is 1. The molecule has 2 aliphatic carbocycles. The molecule has 0 aromatic heterocycles. The molecule has 0 radical (unpaired) electrons. The third-order valence-electron chi connectivity index (χ3n) is 4.92. The van der Waals surface area contributed by atoms with Crippen molar-refractivity contribution in [3.8, 4) is 0 Å². The summed E-state index contributed by atoms with van der Waals surface area (Å²) >= 11 is 0. The summed E-state index contributed by atoms with van der Waals surface area (Å²) in [5.41, 5.74) is 0.497. The molecule has 0 spiro atoms. The molecule has 3 nitrogen and oxygen atoms in total. The standard InChI is InChI=1S/C16H29NO2/c1-3-19-15(18)13-7-6-8-14(11-13)17-12-16(2)9-4-5-10-16/h13-14,17H,3-12H2,1-2H3. The van der Waals surface area contributed by atoms with Crippen LogP contribution in [0.1, 0.15) is 65.2 Å². The molecule has 0 aromatic rings. The number of nitrogens with one attached hydrogen (secondary N) is 1. The van der Waals surface area contributed by atoms with Gasteiger partial charge < -0.3 is 10.1 Å². The molecule has 0 aromatic carbocycles. The lowest BCUT2D eigenvalue weighted by atomic mass is 9.84. The normalized spacial score (nSPS) is 30.2. The molecule has 110 valence electrons. The maximum absolute atomic E-state index is 11.8. The SMILES string of the molecule is CCOC(=O)C1CCCC(NCC2(C)CCCC2)C1. The Kier molecular flexibility index (Phi) is 5.26. The Bertz CT molecular complexity index is 297. The van der Waals surface area contributed by atoms with Crippen molar-refractivity contribution in [2.45, 2.75) is 71.3 Å². The molecular weight excluding hydrogens is 238 g/mol. The zero-order valence-electron chi connectivity index (χ0n) is 12.5. The lowest BCUT2D eigenvalue weighted by Crippen LogP contribution is -2.41. The molecule has 0 bridgehead atoms. The van der Waals surface area contributed by atoms with Gasteiger partial charge in [-0.1, -0.05) is 26.2 Å². The van der Waals surface area contributed by atoms with Gasteiger partial charge in [0.25, 0.3) is 0 Å². The van der Waals surface area contributed by atoms with Gasteiger partial charge in [0.05, 0.1) is 12.5 Å². The Hall–Kier alpha value is -0.570. The molecular formula is C16H29NO2. The molecule has 19 heavy (non-hydrogen) atoms. The summed E-state index contributed by atoms with van der Waals surface area (Å²) in [4.78, 5) is 11.8. The largest absolute Gasteiger partial charge is 0.466 e. The summed E-state index contributed by atoms with van der Waals surface area (Å²) in [6.07, 6.45) is 9.82. The molecule has 2 atom stereocenters. The maximum Gasteiger partial charge on any atom is 0.308 e. The van der Waals surface area contributed by atoms with Crippen LogP contribution in [0.4, 0.5) is 0 Å². The van der Waals surface area contributed by atoms with Gasteiger partial charge in [-0.05, 0) is 44.4 Å². The van der Waals surface area contributed by atoms with Crippen molar-refractivity contribution in [1.82, 2.24) is 5.32 Å². The monoisotopic (exact) mass is 267 g/mol. The van der Waals surface area contributed by atoms with Gasteiger partial charge in [-0.3, -0.25) is 4.79 Å². The van der Waals surface area contributed by atoms with Crippen LogP contribution in [0.2, 0.25) is 0 Å². The predicted octanol–water partition coefficient (Wildman–Crippen LogP) is 3.28. The van der Waals surface area contributed by atoms with E-state index in [0.717, 1.165) is 25.8 Å². The maximum atomic E-state index is 11.8. The Morgan fingerprint density at radius 1 is 1.26 bits per heavy atom. The molecule has 2 fully saturated rings. The van der Waals surface area contributed by atoms with Crippen LogP contribution in [0.25, 0.3) is 0 Å². The van der Waals surface area contributed by atoms with Gasteiger partial charge in [0.1, 0.15) is 0 Å². The van der Waals surface area contributed by atoms with Crippen LogP contribution >= 0.6 is 0 Å². The van der Waals surface area contributed by atoms with Crippen LogP contribution in [0, 0.1) is 11.3 Å². The van der Waals surface area contributed by atoms with E-state index in [1.165, 1.54) is 32.1 Å². The van der Waals surface area contributed by atoms with Gasteiger partial charge in [0, 0.05) is 12.6 Å².